The summed E-state index contributed by atoms with van der Waals surface area (Å²) in [6.07, 6.45) is 1.55. The molecule has 4 rings (SSSR count). The van der Waals surface area contributed by atoms with Crippen LogP contribution >= 0.6 is 0 Å². The number of ether oxygens (including phenoxy) is 3. The van der Waals surface area contributed by atoms with Crippen LogP contribution in [0.25, 0.3) is 6.08 Å². The average molecular weight is 312 g/mol. The van der Waals surface area contributed by atoms with Crippen LogP contribution in [0.5, 0.6) is 28.7 Å². The molecule has 0 radical (unpaired) electrons. The van der Waals surface area contributed by atoms with Crippen molar-refractivity contribution >= 4 is 11.9 Å². The summed E-state index contributed by atoms with van der Waals surface area (Å²) in [5.74, 6) is 0.164. The van der Waals surface area contributed by atoms with Crippen LogP contribution in [-0.4, -0.2) is 29.2 Å². The number of carbonyl (C=O) groups is 1. The minimum atomic E-state index is -0.443. The molecule has 0 unspecified atom stereocenters. The molecule has 2 aliphatic rings. The molecule has 2 aromatic carbocycles. The Morgan fingerprint density at radius 2 is 1.78 bits per heavy atom. The zero-order chi connectivity index (χ0) is 16.0. The van der Waals surface area contributed by atoms with Gasteiger partial charge in [-0.25, -0.2) is 0 Å². The van der Waals surface area contributed by atoms with Crippen LogP contribution in [0, 0.1) is 0 Å². The van der Waals surface area contributed by atoms with Gasteiger partial charge in [-0.3, -0.25) is 4.79 Å². The second-order valence-electron chi connectivity index (χ2n) is 5.15. The molecular weight excluding hydrogens is 300 g/mol. The molecule has 0 saturated carbocycles. The highest BCUT2D eigenvalue weighted by Crippen LogP contribution is 2.44. The van der Waals surface area contributed by atoms with Crippen molar-refractivity contribution in [2.75, 3.05) is 13.2 Å². The molecule has 6 heteroatoms. The van der Waals surface area contributed by atoms with Crippen molar-refractivity contribution in [2.24, 2.45) is 0 Å². The quantitative estimate of drug-likeness (QED) is 0.621. The maximum absolute atomic E-state index is 12.3. The van der Waals surface area contributed by atoms with E-state index in [1.54, 1.807) is 24.3 Å². The number of rotatable bonds is 1. The van der Waals surface area contributed by atoms with Gasteiger partial charge in [-0.2, -0.15) is 0 Å². The van der Waals surface area contributed by atoms with E-state index in [9.17, 15) is 15.0 Å². The van der Waals surface area contributed by atoms with Gasteiger partial charge in [-0.05, 0) is 35.9 Å². The maximum atomic E-state index is 12.3. The molecule has 2 aromatic rings. The summed E-state index contributed by atoms with van der Waals surface area (Å²) in [4.78, 5) is 12.3. The average Bonchev–Trinajstić information content (AvgIpc) is 2.88. The van der Waals surface area contributed by atoms with E-state index in [-0.39, 0.29) is 28.6 Å². The number of fused-ring (bicyclic) bond motifs is 2. The van der Waals surface area contributed by atoms with Gasteiger partial charge in [0.05, 0.1) is 5.56 Å². The summed E-state index contributed by atoms with van der Waals surface area (Å²) in [5.41, 5.74) is 0.915. The first-order valence-electron chi connectivity index (χ1n) is 7.02. The number of benzene rings is 2. The minimum Gasteiger partial charge on any atom is -0.504 e. The van der Waals surface area contributed by atoms with Gasteiger partial charge in [0.2, 0.25) is 11.5 Å². The van der Waals surface area contributed by atoms with E-state index in [0.29, 0.717) is 30.3 Å². The van der Waals surface area contributed by atoms with E-state index in [1.807, 2.05) is 0 Å². The SMILES string of the molecule is O=C1C(=Cc2ccc3c(c2)OCCO3)Oc2c1ccc(O)c2O. The summed E-state index contributed by atoms with van der Waals surface area (Å²) in [6, 6.07) is 7.95. The third-order valence-corrected chi connectivity index (χ3v) is 3.65. The van der Waals surface area contributed by atoms with Gasteiger partial charge >= 0.3 is 0 Å². The fourth-order valence-corrected chi connectivity index (χ4v) is 2.53. The van der Waals surface area contributed by atoms with Gasteiger partial charge in [0.15, 0.2) is 28.8 Å². The summed E-state index contributed by atoms with van der Waals surface area (Å²) >= 11 is 0. The Morgan fingerprint density at radius 3 is 2.61 bits per heavy atom. The predicted molar refractivity (Wildman–Crippen MR) is 80.1 cm³/mol. The minimum absolute atomic E-state index is 0.0289. The predicted octanol–water partition coefficient (Wildman–Crippen LogP) is 2.49. The largest absolute Gasteiger partial charge is 0.504 e. The van der Waals surface area contributed by atoms with Crippen LogP contribution < -0.4 is 14.2 Å². The van der Waals surface area contributed by atoms with Gasteiger partial charge in [0.25, 0.3) is 0 Å². The third-order valence-electron chi connectivity index (χ3n) is 3.65. The zero-order valence-corrected chi connectivity index (χ0v) is 11.9. The Kier molecular flexibility index (Phi) is 2.90. The van der Waals surface area contributed by atoms with Crippen LogP contribution in [0.1, 0.15) is 15.9 Å². The smallest absolute Gasteiger partial charge is 0.232 e. The lowest BCUT2D eigenvalue weighted by atomic mass is 10.1. The van der Waals surface area contributed by atoms with Crippen LogP contribution in [0.2, 0.25) is 0 Å². The van der Waals surface area contributed by atoms with Crippen molar-refractivity contribution < 1.29 is 29.2 Å². The molecule has 116 valence electrons. The number of phenols is 2. The van der Waals surface area contributed by atoms with E-state index in [4.69, 9.17) is 14.2 Å². The second-order valence-corrected chi connectivity index (χ2v) is 5.15. The van der Waals surface area contributed by atoms with Crippen molar-refractivity contribution in [2.45, 2.75) is 0 Å². The Hall–Kier alpha value is -3.15. The summed E-state index contributed by atoms with van der Waals surface area (Å²) in [6.45, 7) is 0.980. The molecule has 2 heterocycles. The highest BCUT2D eigenvalue weighted by Gasteiger charge is 2.31. The molecule has 0 fully saturated rings. The first kappa shape index (κ1) is 13.5. The Labute approximate surface area is 131 Å². The van der Waals surface area contributed by atoms with Crippen LogP contribution in [0.3, 0.4) is 0 Å². The fraction of sp³-hybridized carbons (Fsp3) is 0.118. The van der Waals surface area contributed by atoms with E-state index in [2.05, 4.69) is 0 Å². The molecule has 2 N–H and O–H groups in total. The van der Waals surface area contributed by atoms with Crippen molar-refractivity contribution in [3.8, 4) is 28.7 Å². The highest BCUT2D eigenvalue weighted by molar-refractivity contribution is 6.15. The molecule has 2 aliphatic heterocycles. The molecule has 0 bridgehead atoms. The van der Waals surface area contributed by atoms with E-state index < -0.39 is 5.75 Å². The number of phenolic OH excluding ortho intramolecular Hbond substituents is 2. The second kappa shape index (κ2) is 4.95. The number of hydrogen-bond acceptors (Lipinski definition) is 6. The molecule has 0 saturated heterocycles. The zero-order valence-electron chi connectivity index (χ0n) is 11.9. The van der Waals surface area contributed by atoms with Crippen LogP contribution in [0.15, 0.2) is 36.1 Å². The van der Waals surface area contributed by atoms with Crippen molar-refractivity contribution in [1.82, 2.24) is 0 Å². The lowest BCUT2D eigenvalue weighted by Gasteiger charge is -2.18. The lowest BCUT2D eigenvalue weighted by Crippen LogP contribution is -2.15. The molecule has 0 aliphatic carbocycles. The van der Waals surface area contributed by atoms with Gasteiger partial charge in [-0.15, -0.1) is 0 Å². The number of aromatic hydroxyl groups is 2. The molecule has 0 amide bonds. The molecule has 23 heavy (non-hydrogen) atoms. The van der Waals surface area contributed by atoms with Gasteiger partial charge in [0, 0.05) is 0 Å². The first-order chi connectivity index (χ1) is 11.1. The third kappa shape index (κ3) is 2.15. The Morgan fingerprint density at radius 1 is 1.00 bits per heavy atom. The molecule has 0 atom stereocenters. The van der Waals surface area contributed by atoms with Gasteiger partial charge < -0.3 is 24.4 Å². The van der Waals surface area contributed by atoms with Crippen LogP contribution in [-0.2, 0) is 0 Å². The first-order valence-corrected chi connectivity index (χ1v) is 7.02. The monoisotopic (exact) mass is 312 g/mol. The number of carbonyl (C=O) groups excluding carboxylic acids is 1. The highest BCUT2D eigenvalue weighted by atomic mass is 16.6. The lowest BCUT2D eigenvalue weighted by molar-refractivity contribution is 0.101. The molecular formula is C17H12O6. The standard InChI is InChI=1S/C17H12O6/c18-11-3-2-10-15(19)14(23-17(10)16(11)20)8-9-1-4-12-13(7-9)22-6-5-21-12/h1-4,7-8,18,20H,5-6H2. The molecule has 0 aromatic heterocycles. The van der Waals surface area contributed by atoms with E-state index in [0.717, 1.165) is 0 Å². The van der Waals surface area contributed by atoms with E-state index >= 15 is 0 Å². The summed E-state index contributed by atoms with van der Waals surface area (Å²) in [7, 11) is 0. The maximum Gasteiger partial charge on any atom is 0.232 e. The normalized spacial score (nSPS) is 17.0. The Balaban J connectivity index is 1.71. The number of hydrogen-bond donors (Lipinski definition) is 2. The summed E-state index contributed by atoms with van der Waals surface area (Å²) < 4.78 is 16.4. The molecule has 6 nitrogen and oxygen atoms in total. The van der Waals surface area contributed by atoms with Crippen LogP contribution in [0.4, 0.5) is 0 Å². The van der Waals surface area contributed by atoms with Crippen molar-refractivity contribution in [3.63, 3.8) is 0 Å². The number of ketones is 1. The summed E-state index contributed by atoms with van der Waals surface area (Å²) in [5, 5.41) is 19.3. The topological polar surface area (TPSA) is 85.2 Å². The number of allylic oxidation sites excluding steroid dienone is 1. The fourth-order valence-electron chi connectivity index (χ4n) is 2.53. The van der Waals surface area contributed by atoms with Crippen molar-refractivity contribution in [3.05, 3.63) is 47.2 Å². The van der Waals surface area contributed by atoms with Gasteiger partial charge in [0.1, 0.15) is 13.2 Å². The Bertz CT molecular complexity index is 852. The molecule has 0 spiro atoms. The number of Topliss-reactive ketones (excluding diaryl/α,β-unsaturated/α-hetero) is 1. The van der Waals surface area contributed by atoms with Crippen molar-refractivity contribution in [1.29, 1.82) is 0 Å². The van der Waals surface area contributed by atoms with Gasteiger partial charge in [-0.1, -0.05) is 6.07 Å². The van der Waals surface area contributed by atoms with E-state index in [1.165, 1.54) is 12.1 Å².